The maximum atomic E-state index is 12.8. The molecule has 0 aromatic heterocycles. The lowest BCUT2D eigenvalue weighted by atomic mass is 9.90. The summed E-state index contributed by atoms with van der Waals surface area (Å²) in [5, 5.41) is 4.81. The molecule has 2 aliphatic rings. The number of nitrogens with one attached hydrogen (secondary N) is 2. The van der Waals surface area contributed by atoms with Gasteiger partial charge in [-0.15, -0.1) is 0 Å². The van der Waals surface area contributed by atoms with E-state index in [0.29, 0.717) is 12.2 Å². The van der Waals surface area contributed by atoms with Crippen LogP contribution >= 0.6 is 0 Å². The van der Waals surface area contributed by atoms with Crippen molar-refractivity contribution in [3.05, 3.63) is 29.3 Å². The number of alkyl halides is 3. The van der Waals surface area contributed by atoms with Gasteiger partial charge < -0.3 is 15.4 Å². The molecule has 8 heteroatoms. The van der Waals surface area contributed by atoms with Gasteiger partial charge in [0, 0.05) is 12.0 Å². The van der Waals surface area contributed by atoms with E-state index in [1.807, 2.05) is 37.4 Å². The summed E-state index contributed by atoms with van der Waals surface area (Å²) in [7, 11) is 0. The highest BCUT2D eigenvalue weighted by molar-refractivity contribution is 6.01. The van der Waals surface area contributed by atoms with Crippen molar-refractivity contribution in [3.63, 3.8) is 0 Å². The van der Waals surface area contributed by atoms with Gasteiger partial charge in [-0.1, -0.05) is 25.5 Å². The number of aryl methyl sites for hydroxylation is 1. The SMILES string of the molecule is CCCC1CC(NC(=O)C2CCC(C(F)(F)F)NC2=O)c2ccc(C)cc2O1. The number of carbonyl (C=O) groups excluding carboxylic acids is 2. The molecule has 4 unspecified atom stereocenters. The topological polar surface area (TPSA) is 67.4 Å². The van der Waals surface area contributed by atoms with Crippen molar-refractivity contribution in [3.8, 4) is 5.75 Å². The molecule has 2 amide bonds. The summed E-state index contributed by atoms with van der Waals surface area (Å²) in [5.41, 5.74) is 1.86. The van der Waals surface area contributed by atoms with Crippen LogP contribution in [0.1, 0.15) is 56.2 Å². The lowest BCUT2D eigenvalue weighted by Crippen LogP contribution is -2.55. The molecule has 0 saturated carbocycles. The Bertz CT molecular complexity index is 751. The van der Waals surface area contributed by atoms with E-state index in [9.17, 15) is 22.8 Å². The van der Waals surface area contributed by atoms with E-state index in [0.717, 1.165) is 24.0 Å². The predicted octanol–water partition coefficient (Wildman–Crippen LogP) is 3.56. The van der Waals surface area contributed by atoms with Gasteiger partial charge in [-0.25, -0.2) is 0 Å². The van der Waals surface area contributed by atoms with Crippen molar-refractivity contribution < 1.29 is 27.5 Å². The Kier molecular flexibility index (Phi) is 5.86. The molecule has 0 spiro atoms. The van der Waals surface area contributed by atoms with Crippen LogP contribution in [-0.2, 0) is 9.59 Å². The molecule has 1 fully saturated rings. The molecule has 1 saturated heterocycles. The lowest BCUT2D eigenvalue weighted by molar-refractivity contribution is -0.171. The number of piperidine rings is 1. The number of amides is 2. The van der Waals surface area contributed by atoms with Gasteiger partial charge in [0.15, 0.2) is 0 Å². The minimum Gasteiger partial charge on any atom is -0.490 e. The Morgan fingerprint density at radius 1 is 1.32 bits per heavy atom. The Balaban J connectivity index is 1.72. The highest BCUT2D eigenvalue weighted by atomic mass is 19.4. The molecule has 28 heavy (non-hydrogen) atoms. The van der Waals surface area contributed by atoms with Crippen LogP contribution in [0.3, 0.4) is 0 Å². The maximum Gasteiger partial charge on any atom is 0.408 e. The molecular weight excluding hydrogens is 373 g/mol. The molecule has 4 atom stereocenters. The van der Waals surface area contributed by atoms with Gasteiger partial charge in [-0.2, -0.15) is 13.2 Å². The average Bonchev–Trinajstić information content (AvgIpc) is 2.60. The first-order valence-corrected chi connectivity index (χ1v) is 9.63. The summed E-state index contributed by atoms with van der Waals surface area (Å²) in [6.07, 6.45) is -2.65. The fourth-order valence-corrected chi connectivity index (χ4v) is 3.86. The zero-order valence-corrected chi connectivity index (χ0v) is 15.9. The van der Waals surface area contributed by atoms with Crippen LogP contribution in [0, 0.1) is 12.8 Å². The van der Waals surface area contributed by atoms with Crippen LogP contribution in [0.2, 0.25) is 0 Å². The van der Waals surface area contributed by atoms with Crippen molar-refractivity contribution >= 4 is 11.8 Å². The first-order chi connectivity index (χ1) is 13.2. The van der Waals surface area contributed by atoms with E-state index in [1.165, 1.54) is 0 Å². The van der Waals surface area contributed by atoms with Gasteiger partial charge >= 0.3 is 6.18 Å². The number of hydrogen-bond donors (Lipinski definition) is 2. The molecule has 0 radical (unpaired) electrons. The van der Waals surface area contributed by atoms with Crippen LogP contribution in [0.25, 0.3) is 0 Å². The number of benzene rings is 1. The molecule has 2 aliphatic heterocycles. The second kappa shape index (κ2) is 8.01. The Morgan fingerprint density at radius 2 is 2.07 bits per heavy atom. The zero-order chi connectivity index (χ0) is 20.5. The second-order valence-corrected chi connectivity index (χ2v) is 7.60. The molecule has 2 heterocycles. The number of ether oxygens (including phenoxy) is 1. The van der Waals surface area contributed by atoms with Gasteiger partial charge in [0.2, 0.25) is 11.8 Å². The number of fused-ring (bicyclic) bond motifs is 1. The average molecular weight is 398 g/mol. The van der Waals surface area contributed by atoms with Crippen LogP contribution < -0.4 is 15.4 Å². The summed E-state index contributed by atoms with van der Waals surface area (Å²) in [6, 6.07) is 3.50. The molecule has 1 aromatic carbocycles. The first kappa shape index (κ1) is 20.5. The number of halogens is 3. The van der Waals surface area contributed by atoms with Crippen LogP contribution in [0.4, 0.5) is 13.2 Å². The van der Waals surface area contributed by atoms with Crippen LogP contribution in [-0.4, -0.2) is 30.1 Å². The first-order valence-electron chi connectivity index (χ1n) is 9.63. The monoisotopic (exact) mass is 398 g/mol. The Labute approximate surface area is 162 Å². The van der Waals surface area contributed by atoms with Crippen LogP contribution in [0.5, 0.6) is 5.75 Å². The summed E-state index contributed by atoms with van der Waals surface area (Å²) in [6.45, 7) is 4.00. The van der Waals surface area contributed by atoms with Gasteiger partial charge in [-0.05, 0) is 37.8 Å². The van der Waals surface area contributed by atoms with Crippen molar-refractivity contribution in [2.24, 2.45) is 5.92 Å². The summed E-state index contributed by atoms with van der Waals surface area (Å²) < 4.78 is 44.4. The molecule has 3 rings (SSSR count). The van der Waals surface area contributed by atoms with Crippen molar-refractivity contribution in [1.29, 1.82) is 0 Å². The van der Waals surface area contributed by atoms with Gasteiger partial charge in [0.1, 0.15) is 23.8 Å². The van der Waals surface area contributed by atoms with E-state index in [2.05, 4.69) is 5.32 Å². The fourth-order valence-electron chi connectivity index (χ4n) is 3.86. The molecular formula is C20H25F3N2O3. The highest BCUT2D eigenvalue weighted by Crippen LogP contribution is 2.37. The molecule has 0 aliphatic carbocycles. The summed E-state index contributed by atoms with van der Waals surface area (Å²) in [5.74, 6) is -1.81. The molecule has 2 N–H and O–H groups in total. The summed E-state index contributed by atoms with van der Waals surface area (Å²) >= 11 is 0. The van der Waals surface area contributed by atoms with E-state index in [1.54, 1.807) is 0 Å². The highest BCUT2D eigenvalue weighted by Gasteiger charge is 2.46. The smallest absolute Gasteiger partial charge is 0.408 e. The normalized spacial score (nSPS) is 27.4. The summed E-state index contributed by atoms with van der Waals surface area (Å²) in [4.78, 5) is 24.8. The Hall–Kier alpha value is -2.25. The standard InChI is InChI=1S/C20H25F3N2O3/c1-3-4-12-10-15(13-6-5-11(2)9-16(13)28-12)24-18(26)14-7-8-17(20(21,22)23)25-19(14)27/h5-6,9,12,14-15,17H,3-4,7-8,10H2,1-2H3,(H,24,26)(H,25,27). The molecule has 1 aromatic rings. The van der Waals surface area contributed by atoms with Gasteiger partial charge in [0.05, 0.1) is 6.04 Å². The maximum absolute atomic E-state index is 12.8. The van der Waals surface area contributed by atoms with E-state index >= 15 is 0 Å². The van der Waals surface area contributed by atoms with Crippen molar-refractivity contribution in [2.45, 2.75) is 70.3 Å². The third-order valence-electron chi connectivity index (χ3n) is 5.35. The third kappa shape index (κ3) is 4.42. The molecule has 5 nitrogen and oxygen atoms in total. The van der Waals surface area contributed by atoms with E-state index in [-0.39, 0.29) is 25.0 Å². The number of rotatable bonds is 4. The van der Waals surface area contributed by atoms with Crippen molar-refractivity contribution in [2.75, 3.05) is 0 Å². The van der Waals surface area contributed by atoms with Gasteiger partial charge in [-0.3, -0.25) is 9.59 Å². The molecule has 0 bridgehead atoms. The van der Waals surface area contributed by atoms with E-state index < -0.39 is 30.0 Å². The second-order valence-electron chi connectivity index (χ2n) is 7.60. The molecule has 154 valence electrons. The largest absolute Gasteiger partial charge is 0.490 e. The van der Waals surface area contributed by atoms with Crippen LogP contribution in [0.15, 0.2) is 18.2 Å². The minimum absolute atomic E-state index is 0.0561. The third-order valence-corrected chi connectivity index (χ3v) is 5.35. The quantitative estimate of drug-likeness (QED) is 0.762. The van der Waals surface area contributed by atoms with E-state index in [4.69, 9.17) is 4.74 Å². The van der Waals surface area contributed by atoms with Gasteiger partial charge in [0.25, 0.3) is 0 Å². The van der Waals surface area contributed by atoms with Crippen molar-refractivity contribution in [1.82, 2.24) is 10.6 Å². The zero-order valence-electron chi connectivity index (χ0n) is 15.9. The minimum atomic E-state index is -4.50. The lowest BCUT2D eigenvalue weighted by Gasteiger charge is -2.35. The predicted molar refractivity (Wildman–Crippen MR) is 96.7 cm³/mol. The number of carbonyl (C=O) groups is 2. The Morgan fingerprint density at radius 3 is 2.71 bits per heavy atom. The number of hydrogen-bond acceptors (Lipinski definition) is 3. The fraction of sp³-hybridized carbons (Fsp3) is 0.600.